The van der Waals surface area contributed by atoms with E-state index >= 15 is 0 Å². The normalized spacial score (nSPS) is 21.7. The fourth-order valence-corrected chi connectivity index (χ4v) is 3.73. The molecule has 0 amide bonds. The van der Waals surface area contributed by atoms with E-state index in [1.165, 1.54) is 69.8 Å². The van der Waals surface area contributed by atoms with Crippen LogP contribution in [-0.2, 0) is 0 Å². The summed E-state index contributed by atoms with van der Waals surface area (Å²) in [4.78, 5) is 0. The van der Waals surface area contributed by atoms with E-state index in [1.54, 1.807) is 0 Å². The zero-order chi connectivity index (χ0) is 15.6. The molecule has 2 rings (SSSR count). The molecule has 0 unspecified atom stereocenters. The summed E-state index contributed by atoms with van der Waals surface area (Å²) < 4.78 is 5.09. The van der Waals surface area contributed by atoms with Crippen LogP contribution in [0.15, 0.2) is 24.3 Å². The van der Waals surface area contributed by atoms with Gasteiger partial charge in [0.2, 0.25) is 0 Å². The summed E-state index contributed by atoms with van der Waals surface area (Å²) in [5, 5.41) is 8.76. The molecule has 1 aliphatic rings. The Hall–Kier alpha value is -1.02. The monoisotopic (exact) mass is 304 g/mol. The second-order valence-electron chi connectivity index (χ2n) is 6.76. The van der Waals surface area contributed by atoms with E-state index in [-0.39, 0.29) is 6.79 Å². The van der Waals surface area contributed by atoms with Gasteiger partial charge in [-0.2, -0.15) is 0 Å². The highest BCUT2D eigenvalue weighted by Gasteiger charge is 2.21. The number of hydrogen-bond donors (Lipinski definition) is 1. The van der Waals surface area contributed by atoms with Gasteiger partial charge in [-0.3, -0.25) is 0 Å². The maximum atomic E-state index is 8.76. The van der Waals surface area contributed by atoms with Crippen molar-refractivity contribution < 1.29 is 9.84 Å². The molecular formula is C20H32O2. The summed E-state index contributed by atoms with van der Waals surface area (Å²) in [5.41, 5.74) is 1.44. The SMILES string of the molecule is CCCCCCCC1CCC(c2ccc(OCO)cc2)CC1. The summed E-state index contributed by atoms with van der Waals surface area (Å²) in [6.07, 6.45) is 13.9. The molecule has 0 saturated heterocycles. The van der Waals surface area contributed by atoms with Crippen LogP contribution in [0.3, 0.4) is 0 Å². The Morgan fingerprint density at radius 3 is 2.27 bits per heavy atom. The van der Waals surface area contributed by atoms with Crippen molar-refractivity contribution in [3.05, 3.63) is 29.8 Å². The highest BCUT2D eigenvalue weighted by molar-refractivity contribution is 5.29. The van der Waals surface area contributed by atoms with Crippen LogP contribution in [0.1, 0.15) is 82.6 Å². The predicted molar refractivity (Wildman–Crippen MR) is 92.2 cm³/mol. The largest absolute Gasteiger partial charge is 0.468 e. The average molecular weight is 304 g/mol. The third-order valence-corrected chi connectivity index (χ3v) is 5.15. The topological polar surface area (TPSA) is 29.5 Å². The zero-order valence-corrected chi connectivity index (χ0v) is 14.1. The van der Waals surface area contributed by atoms with Gasteiger partial charge in [-0.1, -0.05) is 57.6 Å². The Morgan fingerprint density at radius 1 is 0.955 bits per heavy atom. The van der Waals surface area contributed by atoms with Gasteiger partial charge < -0.3 is 9.84 Å². The van der Waals surface area contributed by atoms with Crippen LogP contribution in [0.4, 0.5) is 0 Å². The summed E-state index contributed by atoms with van der Waals surface area (Å²) >= 11 is 0. The van der Waals surface area contributed by atoms with E-state index in [4.69, 9.17) is 9.84 Å². The number of aliphatic hydroxyl groups excluding tert-OH is 1. The lowest BCUT2D eigenvalue weighted by molar-refractivity contribution is 0.0985. The van der Waals surface area contributed by atoms with E-state index in [2.05, 4.69) is 19.1 Å². The van der Waals surface area contributed by atoms with Crippen LogP contribution in [0.25, 0.3) is 0 Å². The lowest BCUT2D eigenvalue weighted by atomic mass is 9.77. The first kappa shape index (κ1) is 17.3. The molecule has 2 heteroatoms. The number of rotatable bonds is 9. The van der Waals surface area contributed by atoms with Crippen molar-refractivity contribution in [2.75, 3.05) is 6.79 Å². The van der Waals surface area contributed by atoms with Crippen LogP contribution in [0.5, 0.6) is 5.75 Å². The number of unbranched alkanes of at least 4 members (excludes halogenated alkanes) is 4. The molecule has 22 heavy (non-hydrogen) atoms. The van der Waals surface area contributed by atoms with Crippen molar-refractivity contribution in [2.24, 2.45) is 5.92 Å². The minimum atomic E-state index is -0.247. The number of aliphatic hydroxyl groups is 1. The van der Waals surface area contributed by atoms with Gasteiger partial charge in [0, 0.05) is 0 Å². The minimum Gasteiger partial charge on any atom is -0.468 e. The van der Waals surface area contributed by atoms with Gasteiger partial charge in [-0.15, -0.1) is 0 Å². The predicted octanol–water partition coefficient (Wildman–Crippen LogP) is 5.65. The standard InChI is InChI=1S/C20H32O2/c1-2-3-4-5-6-7-17-8-10-18(11-9-17)19-12-14-20(15-13-19)22-16-21/h12-15,17-18,21H,2-11,16H2,1H3. The highest BCUT2D eigenvalue weighted by Crippen LogP contribution is 2.38. The number of ether oxygens (including phenoxy) is 1. The lowest BCUT2D eigenvalue weighted by Crippen LogP contribution is -2.13. The molecule has 1 aliphatic carbocycles. The maximum absolute atomic E-state index is 8.76. The van der Waals surface area contributed by atoms with Crippen molar-refractivity contribution in [3.63, 3.8) is 0 Å². The number of benzene rings is 1. The van der Waals surface area contributed by atoms with E-state index in [1.807, 2.05) is 12.1 Å². The van der Waals surface area contributed by atoms with Gasteiger partial charge >= 0.3 is 0 Å². The van der Waals surface area contributed by atoms with Gasteiger partial charge in [0.1, 0.15) is 5.75 Å². The molecule has 1 aromatic rings. The van der Waals surface area contributed by atoms with Gasteiger partial charge in [0.05, 0.1) is 0 Å². The van der Waals surface area contributed by atoms with Crippen LogP contribution in [0.2, 0.25) is 0 Å². The van der Waals surface area contributed by atoms with Crippen molar-refractivity contribution in [3.8, 4) is 5.75 Å². The summed E-state index contributed by atoms with van der Waals surface area (Å²) in [6.45, 7) is 2.03. The van der Waals surface area contributed by atoms with Crippen LogP contribution < -0.4 is 4.74 Å². The molecule has 124 valence electrons. The molecule has 1 aromatic carbocycles. The van der Waals surface area contributed by atoms with E-state index < -0.39 is 0 Å². The lowest BCUT2D eigenvalue weighted by Gasteiger charge is -2.29. The van der Waals surface area contributed by atoms with Gasteiger partial charge in [0.15, 0.2) is 6.79 Å². The van der Waals surface area contributed by atoms with Gasteiger partial charge in [-0.05, 0) is 55.2 Å². The molecule has 0 atom stereocenters. The van der Waals surface area contributed by atoms with E-state index in [0.29, 0.717) is 0 Å². The average Bonchev–Trinajstić information content (AvgIpc) is 2.56. The molecule has 2 nitrogen and oxygen atoms in total. The van der Waals surface area contributed by atoms with E-state index in [9.17, 15) is 0 Å². The molecule has 0 aromatic heterocycles. The molecule has 0 bridgehead atoms. The molecule has 0 spiro atoms. The van der Waals surface area contributed by atoms with Gasteiger partial charge in [0.25, 0.3) is 0 Å². The Balaban J connectivity index is 1.68. The molecule has 1 fully saturated rings. The summed E-state index contributed by atoms with van der Waals surface area (Å²) in [5.74, 6) is 2.45. The molecule has 1 saturated carbocycles. The van der Waals surface area contributed by atoms with Crippen molar-refractivity contribution in [1.29, 1.82) is 0 Å². The molecule has 0 aliphatic heterocycles. The molecule has 0 heterocycles. The van der Waals surface area contributed by atoms with Crippen molar-refractivity contribution in [2.45, 2.75) is 77.0 Å². The Bertz CT molecular complexity index is 391. The third kappa shape index (κ3) is 5.64. The fraction of sp³-hybridized carbons (Fsp3) is 0.700. The second kappa shape index (κ2) is 9.89. The van der Waals surface area contributed by atoms with E-state index in [0.717, 1.165) is 17.6 Å². The Labute approximate surface area is 135 Å². The highest BCUT2D eigenvalue weighted by atomic mass is 16.6. The van der Waals surface area contributed by atoms with Crippen molar-refractivity contribution >= 4 is 0 Å². The smallest absolute Gasteiger partial charge is 0.186 e. The summed E-state index contributed by atoms with van der Waals surface area (Å²) in [7, 11) is 0. The van der Waals surface area contributed by atoms with Gasteiger partial charge in [-0.25, -0.2) is 0 Å². The first-order valence-corrected chi connectivity index (χ1v) is 9.17. The Morgan fingerprint density at radius 2 is 1.64 bits per heavy atom. The van der Waals surface area contributed by atoms with Crippen molar-refractivity contribution in [1.82, 2.24) is 0 Å². The molecule has 1 N–H and O–H groups in total. The zero-order valence-electron chi connectivity index (χ0n) is 14.1. The molecular weight excluding hydrogens is 272 g/mol. The molecule has 0 radical (unpaired) electrons. The third-order valence-electron chi connectivity index (χ3n) is 5.15. The Kier molecular flexibility index (Phi) is 7.79. The first-order valence-electron chi connectivity index (χ1n) is 9.17. The second-order valence-corrected chi connectivity index (χ2v) is 6.76. The van der Waals surface area contributed by atoms with Crippen LogP contribution in [-0.4, -0.2) is 11.9 Å². The van der Waals surface area contributed by atoms with Crippen LogP contribution in [0, 0.1) is 5.92 Å². The minimum absolute atomic E-state index is 0.247. The maximum Gasteiger partial charge on any atom is 0.186 e. The quantitative estimate of drug-likeness (QED) is 0.472. The summed E-state index contributed by atoms with van der Waals surface area (Å²) in [6, 6.07) is 8.29. The number of hydrogen-bond acceptors (Lipinski definition) is 2. The van der Waals surface area contributed by atoms with Crippen LogP contribution >= 0.6 is 0 Å². The first-order chi connectivity index (χ1) is 10.8. The fourth-order valence-electron chi connectivity index (χ4n) is 3.73.